The van der Waals surface area contributed by atoms with Gasteiger partial charge in [-0.25, -0.2) is 8.42 Å². The molecular formula is C12H23NO4S. The van der Waals surface area contributed by atoms with E-state index in [4.69, 9.17) is 4.74 Å². The van der Waals surface area contributed by atoms with Crippen LogP contribution >= 0.6 is 0 Å². The highest BCUT2D eigenvalue weighted by atomic mass is 32.2. The molecule has 1 rings (SSSR count). The van der Waals surface area contributed by atoms with Gasteiger partial charge in [-0.15, -0.1) is 0 Å². The Morgan fingerprint density at radius 3 is 2.50 bits per heavy atom. The fourth-order valence-corrected chi connectivity index (χ4v) is 3.62. The molecular weight excluding hydrogens is 254 g/mol. The van der Waals surface area contributed by atoms with Gasteiger partial charge in [-0.05, 0) is 40.5 Å². The van der Waals surface area contributed by atoms with Gasteiger partial charge in [0, 0.05) is 6.04 Å². The van der Waals surface area contributed by atoms with Crippen LogP contribution in [0, 0.1) is 0 Å². The number of carbonyl (C=O) groups is 1. The minimum absolute atomic E-state index is 0.111. The second kappa shape index (κ2) is 5.57. The third-order valence-electron chi connectivity index (χ3n) is 2.71. The summed E-state index contributed by atoms with van der Waals surface area (Å²) in [5.41, 5.74) is -0.522. The summed E-state index contributed by atoms with van der Waals surface area (Å²) in [4.78, 5) is 11.8. The molecule has 1 N–H and O–H groups in total. The Bertz CT molecular complexity index is 397. The van der Waals surface area contributed by atoms with Gasteiger partial charge in [-0.3, -0.25) is 4.79 Å². The lowest BCUT2D eigenvalue weighted by atomic mass is 10.1. The predicted octanol–water partition coefficient (Wildman–Crippen LogP) is 0.883. The first kappa shape index (κ1) is 15.4. The number of rotatable bonds is 3. The van der Waals surface area contributed by atoms with Crippen molar-refractivity contribution in [1.82, 2.24) is 5.32 Å². The average Bonchev–Trinajstić information content (AvgIpc) is 2.12. The van der Waals surface area contributed by atoms with Crippen molar-refractivity contribution >= 4 is 15.8 Å². The van der Waals surface area contributed by atoms with Gasteiger partial charge >= 0.3 is 5.97 Å². The number of hydrogen-bond acceptors (Lipinski definition) is 5. The quantitative estimate of drug-likeness (QED) is 0.775. The molecule has 0 amide bonds. The molecule has 1 aliphatic rings. The van der Waals surface area contributed by atoms with Crippen LogP contribution < -0.4 is 5.32 Å². The summed E-state index contributed by atoms with van der Waals surface area (Å²) < 4.78 is 28.2. The molecule has 0 bridgehead atoms. The highest BCUT2D eigenvalue weighted by Gasteiger charge is 2.28. The smallest absolute Gasteiger partial charge is 0.323 e. The monoisotopic (exact) mass is 277 g/mol. The third-order valence-corrected chi connectivity index (χ3v) is 4.53. The number of sulfone groups is 1. The topological polar surface area (TPSA) is 72.5 Å². The Balaban J connectivity index is 2.49. The predicted molar refractivity (Wildman–Crippen MR) is 70.1 cm³/mol. The van der Waals surface area contributed by atoms with E-state index >= 15 is 0 Å². The van der Waals surface area contributed by atoms with E-state index in [0.717, 1.165) is 6.42 Å². The lowest BCUT2D eigenvalue weighted by molar-refractivity contribution is -0.157. The van der Waals surface area contributed by atoms with Crippen molar-refractivity contribution in [2.45, 2.75) is 58.2 Å². The second-order valence-electron chi connectivity index (χ2n) is 5.88. The van der Waals surface area contributed by atoms with Gasteiger partial charge in [-0.1, -0.05) is 0 Å². The number of carbonyl (C=O) groups excluding carboxylic acids is 1. The van der Waals surface area contributed by atoms with E-state index in [2.05, 4.69) is 5.32 Å². The number of hydrogen-bond donors (Lipinski definition) is 1. The van der Waals surface area contributed by atoms with E-state index in [9.17, 15) is 13.2 Å². The minimum Gasteiger partial charge on any atom is -0.459 e. The summed E-state index contributed by atoms with van der Waals surface area (Å²) in [6.07, 6.45) is 1.44. The first-order valence-corrected chi connectivity index (χ1v) is 8.10. The fourth-order valence-electron chi connectivity index (χ4n) is 1.97. The van der Waals surface area contributed by atoms with Crippen LogP contribution in [-0.4, -0.2) is 43.6 Å². The summed E-state index contributed by atoms with van der Waals surface area (Å²) in [5, 5.41) is 3.04. The van der Waals surface area contributed by atoms with Crippen molar-refractivity contribution in [3.63, 3.8) is 0 Å². The fraction of sp³-hybridized carbons (Fsp3) is 0.917. The molecule has 0 radical (unpaired) electrons. The summed E-state index contributed by atoms with van der Waals surface area (Å²) in [6, 6.07) is -0.631. The van der Waals surface area contributed by atoms with Crippen LogP contribution in [0.3, 0.4) is 0 Å². The largest absolute Gasteiger partial charge is 0.459 e. The van der Waals surface area contributed by atoms with Crippen LogP contribution in [0.1, 0.15) is 40.5 Å². The molecule has 1 heterocycles. The van der Waals surface area contributed by atoms with Gasteiger partial charge in [0.25, 0.3) is 0 Å². The van der Waals surface area contributed by atoms with Gasteiger partial charge in [0.05, 0.1) is 11.5 Å². The van der Waals surface area contributed by atoms with Gasteiger partial charge in [0.2, 0.25) is 0 Å². The maximum absolute atomic E-state index is 11.8. The molecule has 0 aliphatic carbocycles. The maximum atomic E-state index is 11.8. The number of ether oxygens (including phenoxy) is 1. The SMILES string of the molecule is CC(NC1CCCS(=O)(=O)C1)C(=O)OC(C)(C)C. The molecule has 6 heteroatoms. The summed E-state index contributed by atoms with van der Waals surface area (Å²) in [6.45, 7) is 7.13. The van der Waals surface area contributed by atoms with Crippen molar-refractivity contribution in [3.05, 3.63) is 0 Å². The Hall–Kier alpha value is -0.620. The molecule has 18 heavy (non-hydrogen) atoms. The van der Waals surface area contributed by atoms with Crippen LogP contribution in [0.4, 0.5) is 0 Å². The first-order valence-electron chi connectivity index (χ1n) is 6.28. The van der Waals surface area contributed by atoms with E-state index in [0.29, 0.717) is 6.42 Å². The summed E-state index contributed by atoms with van der Waals surface area (Å²) >= 11 is 0. The van der Waals surface area contributed by atoms with Crippen molar-refractivity contribution < 1.29 is 17.9 Å². The molecule has 0 spiro atoms. The zero-order chi connectivity index (χ0) is 14.0. The third kappa shape index (κ3) is 5.35. The molecule has 0 aromatic heterocycles. The van der Waals surface area contributed by atoms with E-state index in [1.54, 1.807) is 6.92 Å². The van der Waals surface area contributed by atoms with Gasteiger partial charge in [-0.2, -0.15) is 0 Å². The molecule has 1 fully saturated rings. The average molecular weight is 277 g/mol. The lowest BCUT2D eigenvalue weighted by Gasteiger charge is -2.28. The molecule has 2 atom stereocenters. The van der Waals surface area contributed by atoms with E-state index in [1.807, 2.05) is 20.8 Å². The summed E-state index contributed by atoms with van der Waals surface area (Å²) in [5.74, 6) is 0.0250. The summed E-state index contributed by atoms with van der Waals surface area (Å²) in [7, 11) is -2.95. The maximum Gasteiger partial charge on any atom is 0.323 e. The van der Waals surface area contributed by atoms with Crippen LogP contribution in [0.25, 0.3) is 0 Å². The lowest BCUT2D eigenvalue weighted by Crippen LogP contribution is -2.48. The Kier molecular flexibility index (Phi) is 4.78. The molecule has 2 unspecified atom stereocenters. The van der Waals surface area contributed by atoms with Crippen molar-refractivity contribution in [1.29, 1.82) is 0 Å². The first-order chi connectivity index (χ1) is 8.09. The number of esters is 1. The second-order valence-corrected chi connectivity index (χ2v) is 8.10. The van der Waals surface area contributed by atoms with Crippen molar-refractivity contribution in [2.24, 2.45) is 0 Å². The Labute approximate surface area is 109 Å². The zero-order valence-electron chi connectivity index (χ0n) is 11.5. The Morgan fingerprint density at radius 1 is 1.39 bits per heavy atom. The normalized spacial score (nSPS) is 25.4. The van der Waals surface area contributed by atoms with Gasteiger partial charge in [0.15, 0.2) is 9.84 Å². The van der Waals surface area contributed by atoms with Gasteiger partial charge in [0.1, 0.15) is 11.6 Å². The highest BCUT2D eigenvalue weighted by molar-refractivity contribution is 7.91. The molecule has 0 saturated carbocycles. The van der Waals surface area contributed by atoms with E-state index in [-0.39, 0.29) is 23.5 Å². The van der Waals surface area contributed by atoms with Crippen molar-refractivity contribution in [2.75, 3.05) is 11.5 Å². The van der Waals surface area contributed by atoms with E-state index < -0.39 is 21.5 Å². The van der Waals surface area contributed by atoms with Crippen molar-refractivity contribution in [3.8, 4) is 0 Å². The molecule has 1 saturated heterocycles. The number of nitrogens with one attached hydrogen (secondary N) is 1. The highest BCUT2D eigenvalue weighted by Crippen LogP contribution is 2.14. The Morgan fingerprint density at radius 2 is 2.00 bits per heavy atom. The van der Waals surface area contributed by atoms with Crippen LogP contribution in [0.5, 0.6) is 0 Å². The van der Waals surface area contributed by atoms with Gasteiger partial charge < -0.3 is 10.1 Å². The standard InChI is InChI=1S/C12H23NO4S/c1-9(11(14)17-12(2,3)4)13-10-6-5-7-18(15,16)8-10/h9-10,13H,5-8H2,1-4H3. The zero-order valence-corrected chi connectivity index (χ0v) is 12.3. The molecule has 1 aliphatic heterocycles. The van der Waals surface area contributed by atoms with E-state index in [1.165, 1.54) is 0 Å². The molecule has 0 aromatic rings. The minimum atomic E-state index is -2.95. The molecule has 5 nitrogen and oxygen atoms in total. The van der Waals surface area contributed by atoms with Crippen LogP contribution in [0.2, 0.25) is 0 Å². The van der Waals surface area contributed by atoms with Crippen LogP contribution in [-0.2, 0) is 19.4 Å². The molecule has 106 valence electrons. The van der Waals surface area contributed by atoms with Crippen LogP contribution in [0.15, 0.2) is 0 Å². The molecule has 0 aromatic carbocycles.